The molecule has 0 bridgehead atoms. The lowest BCUT2D eigenvalue weighted by atomic mass is 10.0. The summed E-state index contributed by atoms with van der Waals surface area (Å²) in [5.74, 6) is -0.220. The van der Waals surface area contributed by atoms with Gasteiger partial charge in [-0.2, -0.15) is 0 Å². The van der Waals surface area contributed by atoms with Gasteiger partial charge in [0.15, 0.2) is 0 Å². The maximum atomic E-state index is 12.0. The average Bonchev–Trinajstić information content (AvgIpc) is 2.61. The van der Waals surface area contributed by atoms with Gasteiger partial charge in [-0.05, 0) is 17.5 Å². The molecule has 0 saturated heterocycles. The molecule has 2 aromatic carbocycles. The van der Waals surface area contributed by atoms with Crippen molar-refractivity contribution in [1.29, 1.82) is 0 Å². The maximum Gasteiger partial charge on any atom is 0.246 e. The molecule has 0 spiro atoms. The van der Waals surface area contributed by atoms with Crippen LogP contribution in [0, 0.1) is 0 Å². The Hall–Kier alpha value is -2.17. The van der Waals surface area contributed by atoms with Crippen molar-refractivity contribution >= 4 is 5.91 Å². The molecule has 0 saturated carbocycles. The first-order chi connectivity index (χ1) is 11.2. The average molecular weight is 313 g/mol. The fourth-order valence-corrected chi connectivity index (χ4v) is 2.35. The van der Waals surface area contributed by atoms with Crippen LogP contribution in [0.15, 0.2) is 60.7 Å². The smallest absolute Gasteiger partial charge is 0.246 e. The monoisotopic (exact) mass is 313 g/mol. The van der Waals surface area contributed by atoms with E-state index in [1.807, 2.05) is 67.6 Å². The van der Waals surface area contributed by atoms with Crippen molar-refractivity contribution in [3.63, 3.8) is 0 Å². The van der Waals surface area contributed by atoms with Crippen LogP contribution in [0.25, 0.3) is 0 Å². The second-order valence-electron chi connectivity index (χ2n) is 5.37. The van der Waals surface area contributed by atoms with E-state index in [0.717, 1.165) is 11.1 Å². The van der Waals surface area contributed by atoms with Crippen molar-refractivity contribution in [2.24, 2.45) is 0 Å². The Balaban J connectivity index is 2.06. The van der Waals surface area contributed by atoms with E-state index in [0.29, 0.717) is 6.42 Å². The van der Waals surface area contributed by atoms with Gasteiger partial charge < -0.3 is 15.2 Å². The Bertz CT molecular complexity index is 543. The Morgan fingerprint density at radius 3 is 2.00 bits per heavy atom. The summed E-state index contributed by atoms with van der Waals surface area (Å²) >= 11 is 0. The first-order valence-corrected chi connectivity index (χ1v) is 7.86. The molecule has 4 heteroatoms. The normalized spacial score (nSPS) is 12.1. The summed E-state index contributed by atoms with van der Waals surface area (Å²) in [6.07, 6.45) is 0.389. The summed E-state index contributed by atoms with van der Waals surface area (Å²) in [7, 11) is 0. The van der Waals surface area contributed by atoms with Crippen molar-refractivity contribution in [3.8, 4) is 0 Å². The SMILES string of the molecule is CCC(CO)NC(=O)COC(c1ccccc1)c1ccccc1. The van der Waals surface area contributed by atoms with E-state index < -0.39 is 0 Å². The molecule has 0 heterocycles. The molecule has 0 aliphatic carbocycles. The largest absolute Gasteiger partial charge is 0.394 e. The molecule has 2 N–H and O–H groups in total. The van der Waals surface area contributed by atoms with Crippen LogP contribution in [-0.4, -0.2) is 30.3 Å². The highest BCUT2D eigenvalue weighted by Gasteiger charge is 2.17. The molecule has 2 rings (SSSR count). The van der Waals surface area contributed by atoms with Crippen molar-refractivity contribution in [1.82, 2.24) is 5.32 Å². The number of carbonyl (C=O) groups is 1. The summed E-state index contributed by atoms with van der Waals surface area (Å²) in [5, 5.41) is 11.9. The maximum absolute atomic E-state index is 12.0. The van der Waals surface area contributed by atoms with Gasteiger partial charge in [-0.3, -0.25) is 4.79 Å². The van der Waals surface area contributed by atoms with E-state index >= 15 is 0 Å². The van der Waals surface area contributed by atoms with Crippen LogP contribution in [0.3, 0.4) is 0 Å². The fourth-order valence-electron chi connectivity index (χ4n) is 2.35. The highest BCUT2D eigenvalue weighted by Crippen LogP contribution is 2.25. The third-order valence-electron chi connectivity index (χ3n) is 3.66. The number of aliphatic hydroxyl groups excluding tert-OH is 1. The molecule has 23 heavy (non-hydrogen) atoms. The van der Waals surface area contributed by atoms with Crippen LogP contribution in [0.4, 0.5) is 0 Å². The molecular formula is C19H23NO3. The van der Waals surface area contributed by atoms with E-state index in [1.54, 1.807) is 0 Å². The minimum atomic E-state index is -0.294. The molecule has 122 valence electrons. The Morgan fingerprint density at radius 1 is 1.04 bits per heavy atom. The first-order valence-electron chi connectivity index (χ1n) is 7.86. The zero-order valence-electron chi connectivity index (χ0n) is 13.3. The summed E-state index contributed by atoms with van der Waals surface area (Å²) in [5.41, 5.74) is 2.00. The van der Waals surface area contributed by atoms with Gasteiger partial charge in [0.2, 0.25) is 5.91 Å². The summed E-state index contributed by atoms with van der Waals surface area (Å²) in [4.78, 5) is 12.0. The third kappa shape index (κ3) is 5.20. The van der Waals surface area contributed by atoms with Gasteiger partial charge >= 0.3 is 0 Å². The number of carbonyl (C=O) groups excluding carboxylic acids is 1. The molecule has 0 fully saturated rings. The molecule has 2 aromatic rings. The van der Waals surface area contributed by atoms with Crippen LogP contribution in [0.1, 0.15) is 30.6 Å². The third-order valence-corrected chi connectivity index (χ3v) is 3.66. The van der Waals surface area contributed by atoms with Crippen molar-refractivity contribution in [3.05, 3.63) is 71.8 Å². The van der Waals surface area contributed by atoms with Gasteiger partial charge in [-0.25, -0.2) is 0 Å². The molecule has 0 radical (unpaired) electrons. The van der Waals surface area contributed by atoms with Crippen LogP contribution in [-0.2, 0) is 9.53 Å². The highest BCUT2D eigenvalue weighted by molar-refractivity contribution is 5.77. The van der Waals surface area contributed by atoms with Crippen molar-refractivity contribution in [2.75, 3.05) is 13.2 Å². The highest BCUT2D eigenvalue weighted by atomic mass is 16.5. The summed E-state index contributed by atoms with van der Waals surface area (Å²) < 4.78 is 5.87. The molecule has 1 amide bonds. The minimum Gasteiger partial charge on any atom is -0.394 e. The van der Waals surface area contributed by atoms with Gasteiger partial charge in [0.05, 0.1) is 12.6 Å². The number of rotatable bonds is 8. The van der Waals surface area contributed by atoms with Crippen LogP contribution >= 0.6 is 0 Å². The predicted octanol–water partition coefficient (Wildman–Crippen LogP) is 2.68. The summed E-state index contributed by atoms with van der Waals surface area (Å²) in [6.45, 7) is 1.80. The van der Waals surface area contributed by atoms with Crippen molar-refractivity contribution in [2.45, 2.75) is 25.5 Å². The van der Waals surface area contributed by atoms with Gasteiger partial charge in [0.25, 0.3) is 0 Å². The zero-order chi connectivity index (χ0) is 16.5. The number of hydrogen-bond donors (Lipinski definition) is 2. The Kier molecular flexibility index (Phi) is 6.78. The predicted molar refractivity (Wildman–Crippen MR) is 90.0 cm³/mol. The molecule has 1 unspecified atom stereocenters. The number of nitrogens with one attached hydrogen (secondary N) is 1. The number of hydrogen-bond acceptors (Lipinski definition) is 3. The second kappa shape index (κ2) is 9.08. The van der Waals surface area contributed by atoms with E-state index in [2.05, 4.69) is 5.32 Å². The van der Waals surface area contributed by atoms with Crippen LogP contribution < -0.4 is 5.32 Å². The van der Waals surface area contributed by atoms with Crippen LogP contribution in [0.5, 0.6) is 0 Å². The number of aliphatic hydroxyl groups is 1. The number of amides is 1. The van der Waals surface area contributed by atoms with Gasteiger partial charge in [-0.1, -0.05) is 67.6 Å². The van der Waals surface area contributed by atoms with Gasteiger partial charge in [-0.15, -0.1) is 0 Å². The molecule has 1 atom stereocenters. The molecule has 0 aliphatic rings. The minimum absolute atomic E-state index is 0.0506. The van der Waals surface area contributed by atoms with E-state index in [9.17, 15) is 4.79 Å². The first kappa shape index (κ1) is 17.2. The van der Waals surface area contributed by atoms with E-state index in [-0.39, 0.29) is 31.3 Å². The lowest BCUT2D eigenvalue weighted by molar-refractivity contribution is -0.128. The fraction of sp³-hybridized carbons (Fsp3) is 0.316. The molecular weight excluding hydrogens is 290 g/mol. The molecule has 0 aromatic heterocycles. The van der Waals surface area contributed by atoms with Gasteiger partial charge in [0.1, 0.15) is 12.7 Å². The molecule has 0 aliphatic heterocycles. The topological polar surface area (TPSA) is 58.6 Å². The Morgan fingerprint density at radius 2 is 1.57 bits per heavy atom. The summed E-state index contributed by atoms with van der Waals surface area (Å²) in [6, 6.07) is 19.4. The zero-order valence-corrected chi connectivity index (χ0v) is 13.3. The Labute approximate surface area is 137 Å². The van der Waals surface area contributed by atoms with Gasteiger partial charge in [0, 0.05) is 0 Å². The van der Waals surface area contributed by atoms with Crippen LogP contribution in [0.2, 0.25) is 0 Å². The second-order valence-corrected chi connectivity index (χ2v) is 5.37. The lowest BCUT2D eigenvalue weighted by Crippen LogP contribution is -2.39. The standard InChI is InChI=1S/C19H23NO3/c1-2-17(13-21)20-18(22)14-23-19(15-9-5-3-6-10-15)16-11-7-4-8-12-16/h3-12,17,19,21H,2,13-14H2,1H3,(H,20,22). The number of ether oxygens (including phenoxy) is 1. The quantitative estimate of drug-likeness (QED) is 0.788. The van der Waals surface area contributed by atoms with E-state index in [1.165, 1.54) is 0 Å². The number of benzene rings is 2. The lowest BCUT2D eigenvalue weighted by Gasteiger charge is -2.20. The van der Waals surface area contributed by atoms with Crippen molar-refractivity contribution < 1.29 is 14.6 Å². The molecule has 4 nitrogen and oxygen atoms in total. The van der Waals surface area contributed by atoms with E-state index in [4.69, 9.17) is 9.84 Å².